The second kappa shape index (κ2) is 4.14. The minimum Gasteiger partial charge on any atom is -0.384 e. The van der Waals surface area contributed by atoms with Crippen LogP contribution in [0.15, 0.2) is 35.7 Å². The van der Waals surface area contributed by atoms with Crippen molar-refractivity contribution in [3.05, 3.63) is 39.2 Å². The molecule has 0 aromatic heterocycles. The number of nitrogens with zero attached hydrogens (tertiary/aromatic N) is 2. The molecule has 0 bridgehead atoms. The quantitative estimate of drug-likeness (QED) is 0.800. The molecule has 5 heteroatoms. The van der Waals surface area contributed by atoms with Crippen molar-refractivity contribution in [2.75, 3.05) is 4.90 Å². The van der Waals surface area contributed by atoms with E-state index in [1.54, 1.807) is 0 Å². The second-order valence-electron chi connectivity index (χ2n) is 3.36. The van der Waals surface area contributed by atoms with E-state index < -0.39 is 0 Å². The number of nitrogens with two attached hydrogens (primary N) is 1. The fraction of sp³-hybridized carbons (Fsp3) is 0.0909. The molecule has 2 N–H and O–H groups in total. The third kappa shape index (κ3) is 1.76. The molecule has 2 rings (SSSR count). The number of hydrogen-bond acceptors (Lipinski definition) is 3. The van der Waals surface area contributed by atoms with Gasteiger partial charge in [-0.1, -0.05) is 0 Å². The zero-order valence-electron chi connectivity index (χ0n) is 8.27. The third-order valence-electron chi connectivity index (χ3n) is 2.35. The van der Waals surface area contributed by atoms with E-state index in [-0.39, 0.29) is 18.1 Å². The Balaban J connectivity index is 2.42. The fourth-order valence-corrected chi connectivity index (χ4v) is 1.92. The van der Waals surface area contributed by atoms with Crippen LogP contribution in [0.25, 0.3) is 0 Å². The molecule has 0 unspecified atom stereocenters. The van der Waals surface area contributed by atoms with Gasteiger partial charge in [-0.05, 0) is 46.9 Å². The lowest BCUT2D eigenvalue weighted by Crippen LogP contribution is -2.28. The third-order valence-corrected chi connectivity index (χ3v) is 3.07. The molecule has 0 atom stereocenters. The highest BCUT2D eigenvalue weighted by atomic mass is 127. The van der Waals surface area contributed by atoms with E-state index in [9.17, 15) is 4.79 Å². The maximum Gasteiger partial charge on any atom is 0.237 e. The van der Waals surface area contributed by atoms with Crippen LogP contribution in [0.5, 0.6) is 0 Å². The number of benzene rings is 1. The van der Waals surface area contributed by atoms with Gasteiger partial charge in [-0.3, -0.25) is 9.69 Å². The van der Waals surface area contributed by atoms with Crippen molar-refractivity contribution in [3.8, 4) is 6.07 Å². The Bertz CT molecular complexity index is 513. The smallest absolute Gasteiger partial charge is 0.237 e. The maximum atomic E-state index is 11.7. The van der Waals surface area contributed by atoms with E-state index in [0.29, 0.717) is 11.3 Å². The molecular formula is C11H8IN3O. The van der Waals surface area contributed by atoms with Gasteiger partial charge in [0, 0.05) is 3.57 Å². The highest BCUT2D eigenvalue weighted by Crippen LogP contribution is 2.27. The van der Waals surface area contributed by atoms with Crippen molar-refractivity contribution in [2.24, 2.45) is 5.73 Å². The summed E-state index contributed by atoms with van der Waals surface area (Å²) in [7, 11) is 0. The molecule has 0 saturated carbocycles. The average Bonchev–Trinajstić information content (AvgIpc) is 2.56. The van der Waals surface area contributed by atoms with Crippen LogP contribution < -0.4 is 10.6 Å². The Morgan fingerprint density at radius 1 is 1.38 bits per heavy atom. The molecule has 1 aliphatic heterocycles. The SMILES string of the molecule is N#CC1=C(N)N(c2ccc(I)cc2)C(=O)C1. The Kier molecular flexibility index (Phi) is 2.83. The maximum absolute atomic E-state index is 11.7. The predicted molar refractivity (Wildman–Crippen MR) is 68.1 cm³/mol. The first-order valence-corrected chi connectivity index (χ1v) is 5.68. The molecule has 0 saturated heterocycles. The number of amides is 1. The van der Waals surface area contributed by atoms with Crippen LogP contribution in [-0.2, 0) is 4.79 Å². The van der Waals surface area contributed by atoms with Crippen molar-refractivity contribution in [3.63, 3.8) is 0 Å². The minimum absolute atomic E-state index is 0.0916. The molecular weight excluding hydrogens is 317 g/mol. The summed E-state index contributed by atoms with van der Waals surface area (Å²) < 4.78 is 1.08. The molecule has 1 amide bonds. The largest absolute Gasteiger partial charge is 0.384 e. The van der Waals surface area contributed by atoms with E-state index in [4.69, 9.17) is 11.0 Å². The number of halogens is 1. The molecule has 0 fully saturated rings. The van der Waals surface area contributed by atoms with Crippen LogP contribution in [-0.4, -0.2) is 5.91 Å². The highest BCUT2D eigenvalue weighted by Gasteiger charge is 2.29. The lowest BCUT2D eigenvalue weighted by molar-refractivity contribution is -0.116. The first-order valence-electron chi connectivity index (χ1n) is 4.60. The first-order chi connectivity index (χ1) is 7.63. The zero-order chi connectivity index (χ0) is 11.7. The summed E-state index contributed by atoms with van der Waals surface area (Å²) in [6.45, 7) is 0. The van der Waals surface area contributed by atoms with Crippen LogP contribution in [0, 0.1) is 14.9 Å². The van der Waals surface area contributed by atoms with Crippen LogP contribution >= 0.6 is 22.6 Å². The Morgan fingerprint density at radius 2 is 2.00 bits per heavy atom. The van der Waals surface area contributed by atoms with Crippen LogP contribution in [0.1, 0.15) is 6.42 Å². The molecule has 1 aromatic carbocycles. The lowest BCUT2D eigenvalue weighted by atomic mass is 10.2. The minimum atomic E-state index is -0.157. The lowest BCUT2D eigenvalue weighted by Gasteiger charge is -2.17. The molecule has 4 nitrogen and oxygen atoms in total. The van der Waals surface area contributed by atoms with E-state index in [0.717, 1.165) is 3.57 Å². The second-order valence-corrected chi connectivity index (χ2v) is 4.60. The molecule has 1 aliphatic rings. The van der Waals surface area contributed by atoms with Crippen LogP contribution in [0.3, 0.4) is 0 Å². The van der Waals surface area contributed by atoms with Crippen LogP contribution in [0.4, 0.5) is 5.69 Å². The van der Waals surface area contributed by atoms with Crippen LogP contribution in [0.2, 0.25) is 0 Å². The van der Waals surface area contributed by atoms with Crippen molar-refractivity contribution in [1.29, 1.82) is 5.26 Å². The van der Waals surface area contributed by atoms with Gasteiger partial charge in [-0.25, -0.2) is 0 Å². The number of carbonyl (C=O) groups is 1. The number of hydrogen-bond donors (Lipinski definition) is 1. The van der Waals surface area contributed by atoms with Gasteiger partial charge in [-0.2, -0.15) is 5.26 Å². The zero-order valence-corrected chi connectivity index (χ0v) is 10.4. The molecule has 1 heterocycles. The van der Waals surface area contributed by atoms with Crippen molar-refractivity contribution in [2.45, 2.75) is 6.42 Å². The summed E-state index contributed by atoms with van der Waals surface area (Å²) in [6.07, 6.45) is 0.0916. The first kappa shape index (κ1) is 11.0. The molecule has 0 aliphatic carbocycles. The summed E-state index contributed by atoms with van der Waals surface area (Å²) in [4.78, 5) is 13.1. The van der Waals surface area contributed by atoms with E-state index in [1.165, 1.54) is 4.90 Å². The van der Waals surface area contributed by atoms with E-state index >= 15 is 0 Å². The van der Waals surface area contributed by atoms with Gasteiger partial charge < -0.3 is 5.73 Å². The van der Waals surface area contributed by atoms with Gasteiger partial charge in [-0.15, -0.1) is 0 Å². The van der Waals surface area contributed by atoms with E-state index in [2.05, 4.69) is 22.6 Å². The fourth-order valence-electron chi connectivity index (χ4n) is 1.56. The Hall–Kier alpha value is -1.55. The van der Waals surface area contributed by atoms with Gasteiger partial charge in [0.25, 0.3) is 0 Å². The van der Waals surface area contributed by atoms with Gasteiger partial charge >= 0.3 is 0 Å². The van der Waals surface area contributed by atoms with Gasteiger partial charge in [0.2, 0.25) is 5.91 Å². The van der Waals surface area contributed by atoms with Crippen molar-refractivity contribution in [1.82, 2.24) is 0 Å². The summed E-state index contributed by atoms with van der Waals surface area (Å²) in [5, 5.41) is 8.80. The Labute approximate surface area is 106 Å². The predicted octanol–water partition coefficient (Wildman–Crippen LogP) is 1.72. The van der Waals surface area contributed by atoms with Crippen molar-refractivity contribution >= 4 is 34.2 Å². The van der Waals surface area contributed by atoms with E-state index in [1.807, 2.05) is 30.3 Å². The number of nitriles is 1. The normalized spacial score (nSPS) is 15.5. The highest BCUT2D eigenvalue weighted by molar-refractivity contribution is 14.1. The number of carbonyl (C=O) groups excluding carboxylic acids is 1. The molecule has 1 aromatic rings. The standard InChI is InChI=1S/C11H8IN3O/c12-8-1-3-9(4-2-8)15-10(16)5-7(6-13)11(15)14/h1-4H,5,14H2. The summed E-state index contributed by atoms with van der Waals surface area (Å²) in [5.74, 6) is 0.0870. The average molecular weight is 325 g/mol. The number of anilines is 1. The number of rotatable bonds is 1. The Morgan fingerprint density at radius 3 is 2.50 bits per heavy atom. The topological polar surface area (TPSA) is 70.1 Å². The van der Waals surface area contributed by atoms with Crippen molar-refractivity contribution < 1.29 is 4.79 Å². The molecule has 0 radical (unpaired) electrons. The van der Waals surface area contributed by atoms with Gasteiger partial charge in [0.1, 0.15) is 5.82 Å². The summed E-state index contributed by atoms with van der Waals surface area (Å²) in [5.41, 5.74) is 6.79. The monoisotopic (exact) mass is 325 g/mol. The summed E-state index contributed by atoms with van der Waals surface area (Å²) >= 11 is 2.18. The molecule has 0 spiro atoms. The molecule has 16 heavy (non-hydrogen) atoms. The summed E-state index contributed by atoms with van der Waals surface area (Å²) in [6, 6.07) is 9.35. The van der Waals surface area contributed by atoms with Gasteiger partial charge in [0.15, 0.2) is 0 Å². The van der Waals surface area contributed by atoms with Gasteiger partial charge in [0.05, 0.1) is 23.8 Å². The molecule has 80 valence electrons.